The van der Waals surface area contributed by atoms with Crippen molar-refractivity contribution in [2.24, 2.45) is 11.8 Å². The Balaban J connectivity index is 0.00000167. The fourth-order valence-electron chi connectivity index (χ4n) is 5.23. The number of hydrogen-bond acceptors (Lipinski definition) is 3. The maximum atomic E-state index is 15.2. The van der Waals surface area contributed by atoms with Crippen molar-refractivity contribution in [3.63, 3.8) is 0 Å². The molecule has 0 radical (unpaired) electrons. The lowest BCUT2D eigenvalue weighted by Gasteiger charge is -2.28. The number of hydrogen-bond donors (Lipinski definition) is 2. The molecule has 2 aliphatic rings. The lowest BCUT2D eigenvalue weighted by atomic mass is 9.88. The van der Waals surface area contributed by atoms with Crippen LogP contribution in [-0.4, -0.2) is 12.7 Å². The van der Waals surface area contributed by atoms with Gasteiger partial charge in [-0.1, -0.05) is 45.7 Å². The van der Waals surface area contributed by atoms with Crippen molar-refractivity contribution < 1.29 is 22.3 Å². The fraction of sp³-hybridized carbons (Fsp3) is 0.571. The largest absolute Gasteiger partial charge is 0.378 e. The van der Waals surface area contributed by atoms with E-state index in [1.807, 2.05) is 6.92 Å². The second kappa shape index (κ2) is 12.4. The van der Waals surface area contributed by atoms with Gasteiger partial charge in [-0.2, -0.15) is 0 Å². The summed E-state index contributed by atoms with van der Waals surface area (Å²) in [6.45, 7) is 8.79. The lowest BCUT2D eigenvalue weighted by molar-refractivity contribution is 0.0147. The predicted molar refractivity (Wildman–Crippen MR) is 141 cm³/mol. The summed E-state index contributed by atoms with van der Waals surface area (Å²) in [5.41, 5.74) is 1.44. The van der Waals surface area contributed by atoms with Gasteiger partial charge < -0.3 is 4.74 Å². The summed E-state index contributed by atoms with van der Waals surface area (Å²) >= 11 is 6.44. The van der Waals surface area contributed by atoms with Gasteiger partial charge in [0.05, 0.1) is 12.7 Å². The zero-order valence-corrected chi connectivity index (χ0v) is 22.7. The zero-order chi connectivity index (χ0) is 25.9. The van der Waals surface area contributed by atoms with E-state index in [2.05, 4.69) is 44.1 Å². The molecule has 0 N–H and O–H groups in total. The molecule has 0 amide bonds. The summed E-state index contributed by atoms with van der Waals surface area (Å²) in [4.78, 5) is 0. The smallest absolute Gasteiger partial charge is 0.167 e. The molecule has 2 aromatic carbocycles. The molecule has 1 aliphatic carbocycles. The molecule has 2 aromatic rings. The van der Waals surface area contributed by atoms with Crippen molar-refractivity contribution in [3.05, 3.63) is 57.7 Å². The van der Waals surface area contributed by atoms with Gasteiger partial charge in [-0.15, -0.1) is 23.3 Å². The molecule has 1 nitrogen and oxygen atoms in total. The first-order valence-electron chi connectivity index (χ1n) is 12.5. The van der Waals surface area contributed by atoms with Crippen LogP contribution in [0.2, 0.25) is 0 Å². The number of benzene rings is 2. The monoisotopic (exact) mass is 528 g/mol. The van der Waals surface area contributed by atoms with E-state index in [9.17, 15) is 4.39 Å². The van der Waals surface area contributed by atoms with Crippen LogP contribution >= 0.6 is 23.3 Å². The molecule has 0 saturated carbocycles. The van der Waals surface area contributed by atoms with Crippen LogP contribution in [0.25, 0.3) is 11.1 Å². The van der Waals surface area contributed by atoms with Crippen molar-refractivity contribution in [2.75, 3.05) is 6.61 Å². The molecule has 1 saturated heterocycles. The Bertz CT molecular complexity index is 1030. The molecule has 7 heteroatoms. The summed E-state index contributed by atoms with van der Waals surface area (Å²) < 4.78 is 66.0. The van der Waals surface area contributed by atoms with Crippen LogP contribution in [0.15, 0.2) is 12.1 Å². The van der Waals surface area contributed by atoms with E-state index in [-0.39, 0.29) is 35.1 Å². The lowest BCUT2D eigenvalue weighted by Crippen LogP contribution is -2.23. The summed E-state index contributed by atoms with van der Waals surface area (Å²) in [7, 11) is 0. The van der Waals surface area contributed by atoms with Crippen molar-refractivity contribution in [3.8, 4) is 11.1 Å². The molecule has 1 fully saturated rings. The summed E-state index contributed by atoms with van der Waals surface area (Å²) in [5, 5.41) is 0. The van der Waals surface area contributed by atoms with Crippen LogP contribution in [-0.2, 0) is 17.6 Å². The second-order valence-corrected chi connectivity index (χ2v) is 10.5. The highest BCUT2D eigenvalue weighted by Crippen LogP contribution is 2.45. The Hall–Kier alpha value is -1.18. The minimum Gasteiger partial charge on any atom is -0.378 e. The van der Waals surface area contributed by atoms with Gasteiger partial charge >= 0.3 is 0 Å². The Morgan fingerprint density at radius 3 is 2.09 bits per heavy atom. The molecule has 1 aliphatic heterocycles. The van der Waals surface area contributed by atoms with Gasteiger partial charge in [0.25, 0.3) is 0 Å². The van der Waals surface area contributed by atoms with E-state index >= 15 is 13.2 Å². The third kappa shape index (κ3) is 6.22. The maximum Gasteiger partial charge on any atom is 0.167 e. The van der Waals surface area contributed by atoms with Gasteiger partial charge in [0.15, 0.2) is 23.3 Å². The van der Waals surface area contributed by atoms with Crippen LogP contribution in [0.4, 0.5) is 17.6 Å². The van der Waals surface area contributed by atoms with E-state index < -0.39 is 23.3 Å². The van der Waals surface area contributed by atoms with Crippen molar-refractivity contribution >= 4 is 23.3 Å². The highest BCUT2D eigenvalue weighted by molar-refractivity contribution is 8.59. The number of fused-ring (bicyclic) bond motifs is 3. The Morgan fingerprint density at radius 1 is 0.857 bits per heavy atom. The quantitative estimate of drug-likeness (QED) is 0.177. The topological polar surface area (TPSA) is 9.23 Å². The Kier molecular flexibility index (Phi) is 10.0. The fourth-order valence-corrected chi connectivity index (χ4v) is 5.23. The Morgan fingerprint density at radius 2 is 1.49 bits per heavy atom. The maximum absolute atomic E-state index is 15.2. The number of rotatable bonds is 7. The minimum absolute atomic E-state index is 0.108. The number of ether oxygens (including phenoxy) is 1. The van der Waals surface area contributed by atoms with E-state index in [1.165, 1.54) is 0 Å². The van der Waals surface area contributed by atoms with Crippen LogP contribution in [0.5, 0.6) is 0 Å². The average Bonchev–Trinajstić information content (AvgIpc) is 3.21. The second-order valence-electron chi connectivity index (χ2n) is 10.5. The molecule has 4 rings (SSSR count). The van der Waals surface area contributed by atoms with E-state index in [4.69, 9.17) is 4.74 Å². The summed E-state index contributed by atoms with van der Waals surface area (Å²) in [6, 6.07) is 3.30. The summed E-state index contributed by atoms with van der Waals surface area (Å²) in [5.74, 6) is -3.23. The molecule has 194 valence electrons. The number of aryl methyl sites for hydroxylation is 1. The van der Waals surface area contributed by atoms with Crippen LogP contribution in [0, 0.1) is 35.1 Å². The molecular formula is C28H36F4OS2. The zero-order valence-electron chi connectivity index (χ0n) is 20.9. The number of thiol groups is 2. The predicted octanol–water partition coefficient (Wildman–Crippen LogP) is 8.86. The van der Waals surface area contributed by atoms with Gasteiger partial charge in [-0.05, 0) is 73.1 Å². The van der Waals surface area contributed by atoms with Crippen LogP contribution in [0.1, 0.15) is 88.0 Å². The molecule has 0 aromatic heterocycles. The van der Waals surface area contributed by atoms with Gasteiger partial charge in [0.2, 0.25) is 0 Å². The third-order valence-corrected chi connectivity index (χ3v) is 7.40. The molecule has 3 unspecified atom stereocenters. The van der Waals surface area contributed by atoms with E-state index in [0.717, 1.165) is 25.7 Å². The van der Waals surface area contributed by atoms with Crippen molar-refractivity contribution in [1.29, 1.82) is 0 Å². The third-order valence-electron chi connectivity index (χ3n) is 7.40. The van der Waals surface area contributed by atoms with Crippen LogP contribution < -0.4 is 0 Å². The van der Waals surface area contributed by atoms with E-state index in [0.29, 0.717) is 48.0 Å². The van der Waals surface area contributed by atoms with Gasteiger partial charge in [-0.3, -0.25) is 0 Å². The average molecular weight is 529 g/mol. The first-order chi connectivity index (χ1) is 16.7. The van der Waals surface area contributed by atoms with E-state index in [1.54, 1.807) is 12.1 Å². The van der Waals surface area contributed by atoms with Gasteiger partial charge in [0.1, 0.15) is 0 Å². The molecule has 1 heterocycles. The van der Waals surface area contributed by atoms with Crippen molar-refractivity contribution in [1.82, 2.24) is 0 Å². The SMILES string of the molecule is CC(C)CCC(C)CCc1cc2c(c(F)c1F)-c1c(cc(C3CCC(C)OC3)c(F)c1F)C2.SS. The Labute approximate surface area is 217 Å². The standard InChI is InChI=1S/C28H34F4O.H2S2/c1-15(2)5-6-16(3)7-9-18-11-20-12-21-13-22(19-10-8-17(4)33-14-19)26(30)28(32)24(21)23(20)27(31)25(18)29;1-2/h11,13,15-17,19H,5-10,12,14H2,1-4H3;1-2H. The highest BCUT2D eigenvalue weighted by atomic mass is 33.1. The first kappa shape index (κ1) is 28.4. The minimum atomic E-state index is -1.08. The molecule has 0 bridgehead atoms. The molecular weight excluding hydrogens is 492 g/mol. The van der Waals surface area contributed by atoms with Crippen molar-refractivity contribution in [2.45, 2.75) is 84.7 Å². The van der Waals surface area contributed by atoms with Gasteiger partial charge in [-0.25, -0.2) is 17.6 Å². The number of halogens is 4. The normalized spacial score (nSPS) is 19.7. The van der Waals surface area contributed by atoms with Gasteiger partial charge in [0, 0.05) is 17.0 Å². The molecule has 3 atom stereocenters. The van der Waals surface area contributed by atoms with Crippen LogP contribution in [0.3, 0.4) is 0 Å². The molecule has 0 spiro atoms. The molecule has 35 heavy (non-hydrogen) atoms. The first-order valence-corrected chi connectivity index (χ1v) is 14.1. The highest BCUT2D eigenvalue weighted by Gasteiger charge is 2.34. The summed E-state index contributed by atoms with van der Waals surface area (Å²) in [6.07, 6.45) is 5.24.